The fourth-order valence-corrected chi connectivity index (χ4v) is 11.0. The minimum Gasteiger partial charge on any atom is -0.356 e. The summed E-state index contributed by atoms with van der Waals surface area (Å²) in [5, 5.41) is 12.6. The molecule has 0 heterocycles. The van der Waals surface area contributed by atoms with E-state index in [0.717, 1.165) is 84.7 Å². The predicted octanol–water partition coefficient (Wildman–Crippen LogP) is 18.3. The minimum atomic E-state index is 0.177. The molecular weight excluding hydrogens is 999 g/mol. The molecule has 0 rings (SSSR count). The highest BCUT2D eigenvalue weighted by Gasteiger charge is 2.17. The second kappa shape index (κ2) is 65.8. The number of rotatable bonds is 63. The molecule has 10 nitrogen and oxygen atoms in total. The lowest BCUT2D eigenvalue weighted by Gasteiger charge is -2.32. The number of unbranched alkanes of at least 4 members (excludes halogenated alkanes) is 39. The smallest absolute Gasteiger partial charge is 0.221 e. The topological polar surface area (TPSA) is 109 Å². The number of carbonyl (C=O) groups is 3. The fourth-order valence-electron chi connectivity index (χ4n) is 11.0. The number of carbonyl (C=O) groups excluding carboxylic acids is 3. The second-order valence-electron chi connectivity index (χ2n) is 25.6. The standard InChI is InChI=1S/C46H94N4O2.C25H53N3O/c1-7-9-11-13-15-17-19-21-23-25-27-29-31-33-37-47-45(51)35-39-49(43(3)4)41-42-50(44(5)6)40-36-46(52)48-38-34-32-30-28-26-24-22-20-18-16-14-12-10-8-2;1-5-6-7-8-9-10-11-12-13-14-15-16-17-18-20-27-25(29)19-22-28(24(2)3)23-21-26-4/h43-44H,7-42H2,1-6H3,(H,47,51)(H,48,52);24,26H,5-23H2,1-4H3,(H,27,29). The van der Waals surface area contributed by atoms with Crippen LogP contribution in [0.15, 0.2) is 0 Å². The summed E-state index contributed by atoms with van der Waals surface area (Å²) in [4.78, 5) is 44.4. The first-order valence-corrected chi connectivity index (χ1v) is 36.1. The average molecular weight is 1150 g/mol. The largest absolute Gasteiger partial charge is 0.356 e. The third-order valence-corrected chi connectivity index (χ3v) is 17.0. The molecule has 3 amide bonds. The Balaban J connectivity index is 0. The van der Waals surface area contributed by atoms with Crippen molar-refractivity contribution >= 4 is 17.7 Å². The molecule has 0 aromatic rings. The van der Waals surface area contributed by atoms with Gasteiger partial charge in [-0.05, 0) is 67.9 Å². The fraction of sp³-hybridized carbons (Fsp3) is 0.958. The van der Waals surface area contributed by atoms with Gasteiger partial charge in [-0.25, -0.2) is 0 Å². The van der Waals surface area contributed by atoms with Gasteiger partial charge >= 0.3 is 0 Å². The van der Waals surface area contributed by atoms with Gasteiger partial charge in [-0.3, -0.25) is 29.1 Å². The average Bonchev–Trinajstić information content (AvgIpc) is 3.44. The number of amides is 3. The molecule has 4 N–H and O–H groups in total. The molecule has 0 aromatic heterocycles. The van der Waals surface area contributed by atoms with Gasteiger partial charge in [-0.1, -0.05) is 271 Å². The van der Waals surface area contributed by atoms with Crippen LogP contribution in [0.3, 0.4) is 0 Å². The van der Waals surface area contributed by atoms with E-state index in [9.17, 15) is 14.4 Å². The predicted molar refractivity (Wildman–Crippen MR) is 358 cm³/mol. The van der Waals surface area contributed by atoms with E-state index >= 15 is 0 Å². The van der Waals surface area contributed by atoms with E-state index in [-0.39, 0.29) is 17.7 Å². The molecule has 0 aromatic carbocycles. The van der Waals surface area contributed by atoms with E-state index in [2.05, 4.69) is 98.3 Å². The van der Waals surface area contributed by atoms with Crippen molar-refractivity contribution in [3.8, 4) is 0 Å². The highest BCUT2D eigenvalue weighted by molar-refractivity contribution is 5.76. The molecule has 81 heavy (non-hydrogen) atoms. The maximum absolute atomic E-state index is 12.6. The molecule has 0 atom stereocenters. The molecule has 0 unspecified atom stereocenters. The summed E-state index contributed by atoms with van der Waals surface area (Å²) in [5.74, 6) is 0.558. The first-order chi connectivity index (χ1) is 39.4. The van der Waals surface area contributed by atoms with Crippen molar-refractivity contribution < 1.29 is 14.4 Å². The van der Waals surface area contributed by atoms with Gasteiger partial charge in [0.2, 0.25) is 17.7 Å². The van der Waals surface area contributed by atoms with E-state index in [1.807, 2.05) is 7.05 Å². The Kier molecular flexibility index (Phi) is 66.0. The number of hydrogen-bond acceptors (Lipinski definition) is 7. The Labute approximate surface area is 507 Å². The summed E-state index contributed by atoms with van der Waals surface area (Å²) in [6.07, 6.45) is 58.9. The number of nitrogens with zero attached hydrogens (tertiary/aromatic N) is 3. The quantitative estimate of drug-likeness (QED) is 0.0449. The lowest BCUT2D eigenvalue weighted by molar-refractivity contribution is -0.122. The van der Waals surface area contributed by atoms with Crippen LogP contribution in [0, 0.1) is 0 Å². The molecule has 484 valence electrons. The third kappa shape index (κ3) is 62.6. The van der Waals surface area contributed by atoms with Crippen LogP contribution >= 0.6 is 0 Å². The summed E-state index contributed by atoms with van der Waals surface area (Å²) in [6.45, 7) is 28.8. The van der Waals surface area contributed by atoms with Gasteiger partial charge in [-0.2, -0.15) is 0 Å². The molecule has 0 aliphatic carbocycles. The van der Waals surface area contributed by atoms with E-state index < -0.39 is 0 Å². The monoisotopic (exact) mass is 1150 g/mol. The second-order valence-corrected chi connectivity index (χ2v) is 25.6. The van der Waals surface area contributed by atoms with Gasteiger partial charge in [0.1, 0.15) is 0 Å². The zero-order chi connectivity index (χ0) is 59.9. The van der Waals surface area contributed by atoms with Crippen LogP contribution in [0.25, 0.3) is 0 Å². The van der Waals surface area contributed by atoms with Gasteiger partial charge in [-0.15, -0.1) is 0 Å². The van der Waals surface area contributed by atoms with E-state index in [1.54, 1.807) is 0 Å². The Morgan fingerprint density at radius 1 is 0.259 bits per heavy atom. The summed E-state index contributed by atoms with van der Waals surface area (Å²) in [6, 6.07) is 1.27. The Bertz CT molecular complexity index is 1220. The molecule has 0 aliphatic rings. The van der Waals surface area contributed by atoms with Crippen molar-refractivity contribution in [3.63, 3.8) is 0 Å². The van der Waals surface area contributed by atoms with Crippen LogP contribution in [-0.2, 0) is 14.4 Å². The van der Waals surface area contributed by atoms with Gasteiger partial charge < -0.3 is 21.3 Å². The molecule has 0 bridgehead atoms. The van der Waals surface area contributed by atoms with Gasteiger partial charge in [0.15, 0.2) is 0 Å². The van der Waals surface area contributed by atoms with Crippen molar-refractivity contribution in [3.05, 3.63) is 0 Å². The summed E-state index contributed by atoms with van der Waals surface area (Å²) in [7, 11) is 1.97. The highest BCUT2D eigenvalue weighted by atomic mass is 16.2. The molecular formula is C71H147N7O3. The molecule has 0 saturated heterocycles. The van der Waals surface area contributed by atoms with Crippen molar-refractivity contribution in [2.75, 3.05) is 72.5 Å². The van der Waals surface area contributed by atoms with Crippen molar-refractivity contribution in [2.45, 2.75) is 369 Å². The number of nitrogens with one attached hydrogen (secondary N) is 4. The van der Waals surface area contributed by atoms with Crippen molar-refractivity contribution in [2.24, 2.45) is 0 Å². The lowest BCUT2D eigenvalue weighted by Crippen LogP contribution is -2.43. The Hall–Kier alpha value is -1.75. The maximum Gasteiger partial charge on any atom is 0.221 e. The first kappa shape index (κ1) is 81.3. The molecule has 0 radical (unpaired) electrons. The molecule has 0 spiro atoms. The van der Waals surface area contributed by atoms with E-state index in [1.165, 1.54) is 250 Å². The minimum absolute atomic E-state index is 0.177. The Morgan fingerprint density at radius 3 is 0.630 bits per heavy atom. The molecule has 0 fully saturated rings. The van der Waals surface area contributed by atoms with Crippen molar-refractivity contribution in [1.82, 2.24) is 36.0 Å². The maximum atomic E-state index is 12.6. The van der Waals surface area contributed by atoms with Crippen LogP contribution in [0.1, 0.15) is 351 Å². The summed E-state index contributed by atoms with van der Waals surface area (Å²) < 4.78 is 0. The van der Waals surface area contributed by atoms with Crippen LogP contribution in [0.5, 0.6) is 0 Å². The van der Waals surface area contributed by atoms with Crippen LogP contribution in [0.4, 0.5) is 0 Å². The zero-order valence-electron chi connectivity index (χ0n) is 56.7. The first-order valence-electron chi connectivity index (χ1n) is 36.1. The van der Waals surface area contributed by atoms with Gasteiger partial charge in [0.25, 0.3) is 0 Å². The van der Waals surface area contributed by atoms with Crippen LogP contribution in [-0.4, -0.2) is 123 Å². The van der Waals surface area contributed by atoms with Crippen LogP contribution in [0.2, 0.25) is 0 Å². The molecule has 0 saturated carbocycles. The number of likely N-dealkylation sites (N-methyl/N-ethyl adjacent to an activating group) is 1. The van der Waals surface area contributed by atoms with Gasteiger partial charge in [0, 0.05) is 103 Å². The SMILES string of the molecule is CCCCCCCCCCCCCCCCNC(=O)CCN(CCN(CCC(=O)NCCCCCCCCCCCCCCCC)C(C)C)C(C)C.CCCCCCCCCCCCCCCCNC(=O)CCN(CCNC)C(C)C. The molecule has 0 aliphatic heterocycles. The van der Waals surface area contributed by atoms with Crippen LogP contribution < -0.4 is 21.3 Å². The Morgan fingerprint density at radius 2 is 0.444 bits per heavy atom. The number of hydrogen-bond donors (Lipinski definition) is 4. The zero-order valence-corrected chi connectivity index (χ0v) is 56.7. The highest BCUT2D eigenvalue weighted by Crippen LogP contribution is 2.16. The normalized spacial score (nSPS) is 11.7. The third-order valence-electron chi connectivity index (χ3n) is 17.0. The summed E-state index contributed by atoms with van der Waals surface area (Å²) in [5.41, 5.74) is 0. The summed E-state index contributed by atoms with van der Waals surface area (Å²) >= 11 is 0. The van der Waals surface area contributed by atoms with E-state index in [0.29, 0.717) is 37.4 Å². The lowest BCUT2D eigenvalue weighted by atomic mass is 10.0. The molecule has 10 heteroatoms. The van der Waals surface area contributed by atoms with Crippen molar-refractivity contribution in [1.29, 1.82) is 0 Å². The van der Waals surface area contributed by atoms with E-state index in [4.69, 9.17) is 0 Å². The van der Waals surface area contributed by atoms with Gasteiger partial charge in [0.05, 0.1) is 0 Å².